The summed E-state index contributed by atoms with van der Waals surface area (Å²) in [7, 11) is 1.60. The van der Waals surface area contributed by atoms with Crippen LogP contribution in [0.3, 0.4) is 0 Å². The highest BCUT2D eigenvalue weighted by atomic mass is 32.1. The first-order valence-corrected chi connectivity index (χ1v) is 8.53. The summed E-state index contributed by atoms with van der Waals surface area (Å²) in [5.74, 6) is -0.260. The largest absolute Gasteiger partial charge is 0.350 e. The number of amides is 4. The number of nitrogens with zero attached hydrogens (tertiary/aromatic N) is 2. The molecule has 1 aromatic rings. The Labute approximate surface area is 140 Å². The van der Waals surface area contributed by atoms with Gasteiger partial charge in [-0.2, -0.15) is 0 Å². The maximum absolute atomic E-state index is 12.0. The Kier molecular flexibility index (Phi) is 5.41. The first-order valence-electron chi connectivity index (χ1n) is 7.71. The number of urea groups is 1. The van der Waals surface area contributed by atoms with Gasteiger partial charge in [-0.1, -0.05) is 0 Å². The van der Waals surface area contributed by atoms with Gasteiger partial charge in [-0.15, -0.1) is 11.3 Å². The maximum Gasteiger partial charge on any atom is 0.326 e. The molecule has 1 fully saturated rings. The number of carbonyl (C=O) groups excluding carboxylic acids is 3. The third kappa shape index (κ3) is 4.10. The van der Waals surface area contributed by atoms with Crippen molar-refractivity contribution in [1.29, 1.82) is 0 Å². The van der Waals surface area contributed by atoms with Gasteiger partial charge in [0.2, 0.25) is 11.8 Å². The van der Waals surface area contributed by atoms with Crippen LogP contribution in [0.15, 0.2) is 6.07 Å². The third-order valence-electron chi connectivity index (χ3n) is 3.94. The topological polar surface area (TPSA) is 69.7 Å². The van der Waals surface area contributed by atoms with E-state index in [0.29, 0.717) is 19.4 Å². The molecule has 0 unspecified atom stereocenters. The molecule has 1 saturated heterocycles. The molecule has 0 bridgehead atoms. The van der Waals surface area contributed by atoms with Crippen molar-refractivity contribution < 1.29 is 14.4 Å². The average Bonchev–Trinajstić information content (AvgIpc) is 2.92. The quantitative estimate of drug-likeness (QED) is 0.809. The molecule has 2 heterocycles. The fourth-order valence-corrected chi connectivity index (χ4v) is 3.78. The van der Waals surface area contributed by atoms with Crippen molar-refractivity contribution in [2.24, 2.45) is 0 Å². The fraction of sp³-hybridized carbons (Fsp3) is 0.562. The monoisotopic (exact) mass is 337 g/mol. The van der Waals surface area contributed by atoms with Crippen LogP contribution in [0.4, 0.5) is 4.79 Å². The minimum atomic E-state index is -0.284. The minimum absolute atomic E-state index is 0.0337. The lowest BCUT2D eigenvalue weighted by molar-refractivity contribution is -0.126. The average molecular weight is 337 g/mol. The van der Waals surface area contributed by atoms with Crippen LogP contribution in [0.25, 0.3) is 0 Å². The van der Waals surface area contributed by atoms with Crippen LogP contribution in [0, 0.1) is 13.8 Å². The summed E-state index contributed by atoms with van der Waals surface area (Å²) in [6.45, 7) is 6.49. The summed E-state index contributed by atoms with van der Waals surface area (Å²) in [4.78, 5) is 40.4. The lowest BCUT2D eigenvalue weighted by Gasteiger charge is -2.16. The number of hydrogen-bond donors (Lipinski definition) is 1. The lowest BCUT2D eigenvalue weighted by Crippen LogP contribution is -2.33. The number of nitrogens with one attached hydrogen (secondary N) is 1. The number of hydrogen-bond acceptors (Lipinski definition) is 4. The van der Waals surface area contributed by atoms with Crippen molar-refractivity contribution in [3.8, 4) is 0 Å². The van der Waals surface area contributed by atoms with E-state index >= 15 is 0 Å². The second-order valence-electron chi connectivity index (χ2n) is 5.95. The molecule has 126 valence electrons. The molecule has 1 N–H and O–H groups in total. The Morgan fingerprint density at radius 2 is 2.09 bits per heavy atom. The Hall–Kier alpha value is -1.89. The second-order valence-corrected chi connectivity index (χ2v) is 7.41. The van der Waals surface area contributed by atoms with Gasteiger partial charge in [-0.3, -0.25) is 14.5 Å². The van der Waals surface area contributed by atoms with Gasteiger partial charge < -0.3 is 10.2 Å². The van der Waals surface area contributed by atoms with E-state index in [0.717, 1.165) is 5.56 Å². The molecule has 4 amide bonds. The zero-order valence-corrected chi connectivity index (χ0v) is 14.8. The van der Waals surface area contributed by atoms with Gasteiger partial charge >= 0.3 is 6.03 Å². The molecule has 0 aromatic carbocycles. The maximum atomic E-state index is 12.0. The van der Waals surface area contributed by atoms with Crippen molar-refractivity contribution >= 4 is 29.2 Å². The van der Waals surface area contributed by atoms with E-state index in [1.807, 2.05) is 6.92 Å². The third-order valence-corrected chi connectivity index (χ3v) is 4.92. The molecule has 1 aromatic heterocycles. The van der Waals surface area contributed by atoms with Crippen molar-refractivity contribution in [3.63, 3.8) is 0 Å². The summed E-state index contributed by atoms with van der Waals surface area (Å²) in [5.41, 5.74) is 1.15. The van der Waals surface area contributed by atoms with Gasteiger partial charge in [0.05, 0.1) is 6.04 Å². The van der Waals surface area contributed by atoms with Crippen LogP contribution in [-0.4, -0.2) is 47.8 Å². The molecule has 7 heteroatoms. The number of carbonyl (C=O) groups is 3. The van der Waals surface area contributed by atoms with Crippen LogP contribution in [0.2, 0.25) is 0 Å². The number of aryl methyl sites for hydroxylation is 2. The summed E-state index contributed by atoms with van der Waals surface area (Å²) in [6.07, 6.45) is 0.777. The Balaban J connectivity index is 1.78. The Morgan fingerprint density at radius 3 is 2.61 bits per heavy atom. The molecule has 0 radical (unpaired) electrons. The SMILES string of the molecule is Cc1cc([C@H](C)NC(=O)CCCN2C(=O)CN(C)C2=O)c(C)s1. The lowest BCUT2D eigenvalue weighted by atomic mass is 10.1. The Morgan fingerprint density at radius 1 is 1.39 bits per heavy atom. The molecule has 1 aliphatic rings. The molecule has 1 aliphatic heterocycles. The summed E-state index contributed by atoms with van der Waals surface area (Å²) in [5, 5.41) is 2.98. The van der Waals surface area contributed by atoms with Crippen LogP contribution < -0.4 is 5.32 Å². The van der Waals surface area contributed by atoms with Crippen molar-refractivity contribution in [3.05, 3.63) is 21.4 Å². The Bertz CT molecular complexity index is 626. The van der Waals surface area contributed by atoms with E-state index < -0.39 is 0 Å². The normalized spacial score (nSPS) is 16.2. The highest BCUT2D eigenvalue weighted by molar-refractivity contribution is 7.12. The van der Waals surface area contributed by atoms with Crippen LogP contribution in [-0.2, 0) is 9.59 Å². The van der Waals surface area contributed by atoms with E-state index in [1.54, 1.807) is 18.4 Å². The van der Waals surface area contributed by atoms with E-state index in [9.17, 15) is 14.4 Å². The van der Waals surface area contributed by atoms with Gasteiger partial charge in [0, 0.05) is 29.8 Å². The number of imide groups is 1. The molecule has 0 aliphatic carbocycles. The molecular weight excluding hydrogens is 314 g/mol. The molecule has 2 rings (SSSR count). The van der Waals surface area contributed by atoms with Gasteiger partial charge in [-0.05, 0) is 38.8 Å². The van der Waals surface area contributed by atoms with Gasteiger partial charge in [0.15, 0.2) is 0 Å². The highest BCUT2D eigenvalue weighted by Gasteiger charge is 2.32. The van der Waals surface area contributed by atoms with Crippen molar-refractivity contribution in [2.45, 2.75) is 39.7 Å². The van der Waals surface area contributed by atoms with Crippen LogP contribution in [0.5, 0.6) is 0 Å². The van der Waals surface area contributed by atoms with Crippen LogP contribution >= 0.6 is 11.3 Å². The smallest absolute Gasteiger partial charge is 0.326 e. The van der Waals surface area contributed by atoms with E-state index in [-0.39, 0.29) is 30.4 Å². The highest BCUT2D eigenvalue weighted by Crippen LogP contribution is 2.26. The zero-order chi connectivity index (χ0) is 17.1. The predicted molar refractivity (Wildman–Crippen MR) is 89.3 cm³/mol. The van der Waals surface area contributed by atoms with E-state index in [4.69, 9.17) is 0 Å². The zero-order valence-electron chi connectivity index (χ0n) is 14.0. The molecule has 23 heavy (non-hydrogen) atoms. The van der Waals surface area contributed by atoms with Crippen molar-refractivity contribution in [1.82, 2.24) is 15.1 Å². The van der Waals surface area contributed by atoms with E-state index in [1.165, 1.54) is 19.6 Å². The van der Waals surface area contributed by atoms with Gasteiger partial charge in [0.1, 0.15) is 6.54 Å². The molecular formula is C16H23N3O3S. The van der Waals surface area contributed by atoms with Gasteiger partial charge in [-0.25, -0.2) is 4.79 Å². The minimum Gasteiger partial charge on any atom is -0.350 e. The van der Waals surface area contributed by atoms with Gasteiger partial charge in [0.25, 0.3) is 0 Å². The van der Waals surface area contributed by atoms with E-state index in [2.05, 4.69) is 25.2 Å². The fourth-order valence-electron chi connectivity index (χ4n) is 2.76. The van der Waals surface area contributed by atoms with Crippen LogP contribution in [0.1, 0.15) is 41.1 Å². The molecule has 6 nitrogen and oxygen atoms in total. The summed E-state index contributed by atoms with van der Waals surface area (Å²) in [6, 6.07) is 1.78. The van der Waals surface area contributed by atoms with Crippen molar-refractivity contribution in [2.75, 3.05) is 20.1 Å². The number of rotatable bonds is 6. The predicted octanol–water partition coefficient (Wildman–Crippen LogP) is 2.22. The molecule has 0 spiro atoms. The summed E-state index contributed by atoms with van der Waals surface area (Å²) < 4.78 is 0. The molecule has 0 saturated carbocycles. The second kappa shape index (κ2) is 7.12. The first kappa shape index (κ1) is 17.5. The summed E-state index contributed by atoms with van der Waals surface area (Å²) >= 11 is 1.72. The standard InChI is InChI=1S/C16H23N3O3S/c1-10-8-13(12(3)23-10)11(2)17-14(20)6-5-7-19-15(21)9-18(4)16(19)22/h8,11H,5-7,9H2,1-4H3,(H,17,20)/t11-/m0/s1. The molecule has 1 atom stereocenters. The number of thiophene rings is 1. The first-order chi connectivity index (χ1) is 10.8. The number of likely N-dealkylation sites (N-methyl/N-ethyl adjacent to an activating group) is 1.